The molecule has 1 rings (SSSR count). The largest absolute Gasteiger partial charge is 0.368 e. The molecular weight excluding hydrogens is 267 g/mol. The fourth-order valence-corrected chi connectivity index (χ4v) is 1.34. The Morgan fingerprint density at radius 2 is 2.33 bits per heavy atom. The lowest BCUT2D eigenvalue weighted by Gasteiger charge is -2.06. The van der Waals surface area contributed by atoms with Gasteiger partial charge < -0.3 is 5.73 Å². The maximum absolute atomic E-state index is 13.0. The maximum Gasteiger partial charge on any atom is 0.245 e. The highest BCUT2D eigenvalue weighted by molar-refractivity contribution is 9.10. The van der Waals surface area contributed by atoms with E-state index in [9.17, 15) is 9.18 Å². The number of amides is 1. The second-order valence-corrected chi connectivity index (χ2v) is 3.58. The number of hydrogen-bond donors (Lipinski definition) is 2. The van der Waals surface area contributed by atoms with Crippen molar-refractivity contribution in [1.82, 2.24) is 5.48 Å². The molecule has 0 bridgehead atoms. The van der Waals surface area contributed by atoms with Crippen LogP contribution in [0, 0.1) is 5.82 Å². The molecule has 3 N–H and O–H groups in total. The molecule has 1 aromatic carbocycles. The highest BCUT2D eigenvalue weighted by atomic mass is 79.9. The first-order valence-electron chi connectivity index (χ1n) is 4.17. The molecule has 0 aliphatic heterocycles. The molecule has 6 heteroatoms. The van der Waals surface area contributed by atoms with Crippen molar-refractivity contribution in [2.75, 3.05) is 6.61 Å². The zero-order chi connectivity index (χ0) is 11.3. The van der Waals surface area contributed by atoms with Gasteiger partial charge in [-0.25, -0.2) is 4.39 Å². The van der Waals surface area contributed by atoms with E-state index in [4.69, 9.17) is 10.6 Å². The number of benzene rings is 1. The van der Waals surface area contributed by atoms with Gasteiger partial charge in [-0.2, -0.15) is 5.48 Å². The molecule has 1 aromatic rings. The fraction of sp³-hybridized carbons (Fsp3) is 0.222. The van der Waals surface area contributed by atoms with Gasteiger partial charge in [-0.3, -0.25) is 9.63 Å². The van der Waals surface area contributed by atoms with E-state index in [0.29, 0.717) is 10.0 Å². The Morgan fingerprint density at radius 1 is 1.60 bits per heavy atom. The number of nitrogens with one attached hydrogen (secondary N) is 1. The second kappa shape index (κ2) is 5.79. The van der Waals surface area contributed by atoms with Gasteiger partial charge in [-0.1, -0.05) is 12.1 Å². The van der Waals surface area contributed by atoms with Crippen molar-refractivity contribution in [2.24, 2.45) is 5.73 Å². The molecule has 0 aromatic heterocycles. The Morgan fingerprint density at radius 3 is 3.00 bits per heavy atom. The van der Waals surface area contributed by atoms with Gasteiger partial charge in [0.05, 0.1) is 4.47 Å². The predicted octanol–water partition coefficient (Wildman–Crippen LogP) is 1.09. The summed E-state index contributed by atoms with van der Waals surface area (Å²) in [4.78, 5) is 15.0. The standard InChI is InChI=1S/C9H10BrFN2O2/c10-9-6(2-1-3-7(9)11)4-13-15-5-8(12)14/h1-3,13H,4-5H2,(H2,12,14). The molecule has 0 unspecified atom stereocenters. The molecule has 0 spiro atoms. The van der Waals surface area contributed by atoms with Crippen LogP contribution in [-0.2, 0) is 16.2 Å². The Hall–Kier alpha value is -0.980. The number of primary amides is 1. The first kappa shape index (κ1) is 12.1. The Bertz CT molecular complexity index is 360. The third-order valence-electron chi connectivity index (χ3n) is 1.61. The molecular formula is C9H10BrFN2O2. The van der Waals surface area contributed by atoms with Crippen LogP contribution in [0.25, 0.3) is 0 Å². The average molecular weight is 277 g/mol. The number of halogens is 2. The number of nitrogens with two attached hydrogens (primary N) is 1. The fourth-order valence-electron chi connectivity index (χ4n) is 0.936. The summed E-state index contributed by atoms with van der Waals surface area (Å²) in [6, 6.07) is 4.66. The van der Waals surface area contributed by atoms with Crippen molar-refractivity contribution in [2.45, 2.75) is 6.54 Å². The minimum absolute atomic E-state index is 0.215. The lowest BCUT2D eigenvalue weighted by molar-refractivity contribution is -0.125. The van der Waals surface area contributed by atoms with E-state index in [1.165, 1.54) is 6.07 Å². The summed E-state index contributed by atoms with van der Waals surface area (Å²) in [6.07, 6.45) is 0. The minimum Gasteiger partial charge on any atom is -0.368 e. The predicted molar refractivity (Wildman–Crippen MR) is 56.1 cm³/mol. The van der Waals surface area contributed by atoms with Crippen LogP contribution in [0.3, 0.4) is 0 Å². The van der Waals surface area contributed by atoms with Crippen LogP contribution in [0.2, 0.25) is 0 Å². The molecule has 0 fully saturated rings. The molecule has 0 radical (unpaired) electrons. The Labute approximate surface area is 94.7 Å². The van der Waals surface area contributed by atoms with Gasteiger partial charge in [0.25, 0.3) is 0 Å². The summed E-state index contributed by atoms with van der Waals surface area (Å²) < 4.78 is 13.4. The van der Waals surface area contributed by atoms with Crippen molar-refractivity contribution < 1.29 is 14.0 Å². The van der Waals surface area contributed by atoms with Crippen LogP contribution in [0.1, 0.15) is 5.56 Å². The summed E-state index contributed by atoms with van der Waals surface area (Å²) in [7, 11) is 0. The van der Waals surface area contributed by atoms with E-state index in [1.807, 2.05) is 0 Å². The van der Waals surface area contributed by atoms with E-state index in [2.05, 4.69) is 21.4 Å². The van der Waals surface area contributed by atoms with Gasteiger partial charge >= 0.3 is 0 Å². The number of carbonyl (C=O) groups is 1. The van der Waals surface area contributed by atoms with Gasteiger partial charge in [0, 0.05) is 6.54 Å². The second-order valence-electron chi connectivity index (χ2n) is 2.79. The van der Waals surface area contributed by atoms with Gasteiger partial charge in [0.2, 0.25) is 5.91 Å². The smallest absolute Gasteiger partial charge is 0.245 e. The van der Waals surface area contributed by atoms with E-state index in [1.54, 1.807) is 12.1 Å². The van der Waals surface area contributed by atoms with Crippen molar-refractivity contribution in [3.05, 3.63) is 34.1 Å². The molecule has 15 heavy (non-hydrogen) atoms. The summed E-state index contributed by atoms with van der Waals surface area (Å²) in [5.41, 5.74) is 8.05. The quantitative estimate of drug-likeness (QED) is 0.625. The molecule has 0 atom stereocenters. The normalized spacial score (nSPS) is 10.3. The van der Waals surface area contributed by atoms with Crippen LogP contribution in [0.15, 0.2) is 22.7 Å². The number of carbonyl (C=O) groups excluding carboxylic acids is 1. The Kier molecular flexibility index (Phi) is 4.67. The first-order chi connectivity index (χ1) is 7.11. The summed E-state index contributed by atoms with van der Waals surface area (Å²) in [5.74, 6) is -0.912. The zero-order valence-corrected chi connectivity index (χ0v) is 9.38. The van der Waals surface area contributed by atoms with Crippen LogP contribution < -0.4 is 11.2 Å². The van der Waals surface area contributed by atoms with Gasteiger partial charge in [0.15, 0.2) is 0 Å². The van der Waals surface area contributed by atoms with Gasteiger partial charge in [0.1, 0.15) is 12.4 Å². The minimum atomic E-state index is -0.569. The van der Waals surface area contributed by atoms with Crippen LogP contribution >= 0.6 is 15.9 Å². The number of rotatable bonds is 5. The van der Waals surface area contributed by atoms with Crippen molar-refractivity contribution in [3.8, 4) is 0 Å². The van der Waals surface area contributed by atoms with E-state index < -0.39 is 5.91 Å². The Balaban J connectivity index is 2.44. The molecule has 0 heterocycles. The third-order valence-corrected chi connectivity index (χ3v) is 2.50. The van der Waals surface area contributed by atoms with Crippen LogP contribution in [0.4, 0.5) is 4.39 Å². The molecule has 0 saturated heterocycles. The molecule has 0 aliphatic carbocycles. The SMILES string of the molecule is NC(=O)CONCc1cccc(F)c1Br. The first-order valence-corrected chi connectivity index (χ1v) is 4.96. The van der Waals surface area contributed by atoms with E-state index in [-0.39, 0.29) is 19.0 Å². The number of hydroxylamine groups is 1. The highest BCUT2D eigenvalue weighted by Gasteiger charge is 2.04. The van der Waals surface area contributed by atoms with Crippen molar-refractivity contribution in [1.29, 1.82) is 0 Å². The molecule has 0 saturated carbocycles. The highest BCUT2D eigenvalue weighted by Crippen LogP contribution is 2.19. The van der Waals surface area contributed by atoms with Crippen molar-refractivity contribution >= 4 is 21.8 Å². The van der Waals surface area contributed by atoms with Crippen molar-refractivity contribution in [3.63, 3.8) is 0 Å². The number of hydrogen-bond acceptors (Lipinski definition) is 3. The molecule has 0 aliphatic rings. The van der Waals surface area contributed by atoms with Crippen LogP contribution in [0.5, 0.6) is 0 Å². The summed E-state index contributed by atoms with van der Waals surface area (Å²) >= 11 is 3.10. The van der Waals surface area contributed by atoms with E-state index in [0.717, 1.165) is 0 Å². The topological polar surface area (TPSA) is 64.4 Å². The lowest BCUT2D eigenvalue weighted by atomic mass is 10.2. The average Bonchev–Trinajstić information content (AvgIpc) is 2.18. The zero-order valence-electron chi connectivity index (χ0n) is 7.80. The van der Waals surface area contributed by atoms with Gasteiger partial charge in [-0.05, 0) is 27.6 Å². The molecule has 1 amide bonds. The third kappa shape index (κ3) is 3.94. The molecule has 82 valence electrons. The molecule has 4 nitrogen and oxygen atoms in total. The monoisotopic (exact) mass is 276 g/mol. The maximum atomic E-state index is 13.0. The lowest BCUT2D eigenvalue weighted by Crippen LogP contribution is -2.24. The summed E-state index contributed by atoms with van der Waals surface area (Å²) in [5, 5.41) is 0. The van der Waals surface area contributed by atoms with E-state index >= 15 is 0 Å². The van der Waals surface area contributed by atoms with Gasteiger partial charge in [-0.15, -0.1) is 0 Å². The summed E-state index contributed by atoms with van der Waals surface area (Å²) in [6.45, 7) is 0.0680. The van der Waals surface area contributed by atoms with Crippen LogP contribution in [-0.4, -0.2) is 12.5 Å².